The Hall–Kier alpha value is -2.75. The van der Waals surface area contributed by atoms with Crippen molar-refractivity contribution in [3.63, 3.8) is 0 Å². The van der Waals surface area contributed by atoms with Crippen LogP contribution in [-0.4, -0.2) is 36.7 Å². The van der Waals surface area contributed by atoms with E-state index in [2.05, 4.69) is 10.3 Å². The Morgan fingerprint density at radius 3 is 2.31 bits per heavy atom. The third kappa shape index (κ3) is 5.17. The zero-order chi connectivity index (χ0) is 22.6. The molecule has 0 aliphatic carbocycles. The Labute approximate surface area is 190 Å². The first-order valence-corrected chi connectivity index (χ1v) is 12.5. The average Bonchev–Trinajstić information content (AvgIpc) is 3.36. The largest absolute Gasteiger partial charge is 0.325 e. The molecule has 0 unspecified atom stereocenters. The number of anilines is 1. The normalized spacial score (nSPS) is 15.4. The van der Waals surface area contributed by atoms with Crippen LogP contribution in [0.15, 0.2) is 82.8 Å². The molecule has 0 radical (unpaired) electrons. The lowest BCUT2D eigenvalue weighted by Crippen LogP contribution is -2.27. The Kier molecular flexibility index (Phi) is 6.88. The van der Waals surface area contributed by atoms with Crippen molar-refractivity contribution in [2.45, 2.75) is 28.0 Å². The number of thioether (sulfide) groups is 1. The van der Waals surface area contributed by atoms with E-state index in [0.29, 0.717) is 23.8 Å². The van der Waals surface area contributed by atoms with Gasteiger partial charge in [0.05, 0.1) is 5.03 Å². The highest BCUT2D eigenvalue weighted by atomic mass is 32.2. The number of carbonyl (C=O) groups is 1. The molecular formula is C23H22FN3O3S2. The number of carbonyl (C=O) groups excluding carboxylic acids is 1. The lowest BCUT2D eigenvalue weighted by atomic mass is 10.1. The molecule has 1 atom stereocenters. The predicted octanol–water partition coefficient (Wildman–Crippen LogP) is 4.48. The van der Waals surface area contributed by atoms with Crippen molar-refractivity contribution >= 4 is 33.4 Å². The van der Waals surface area contributed by atoms with E-state index in [0.717, 1.165) is 18.4 Å². The van der Waals surface area contributed by atoms with E-state index in [9.17, 15) is 17.6 Å². The highest BCUT2D eigenvalue weighted by molar-refractivity contribution is 8.00. The number of sulfonamides is 1. The highest BCUT2D eigenvalue weighted by Crippen LogP contribution is 2.35. The molecule has 1 fully saturated rings. The second-order valence-electron chi connectivity index (χ2n) is 7.35. The van der Waals surface area contributed by atoms with Gasteiger partial charge >= 0.3 is 0 Å². The molecule has 6 nitrogen and oxygen atoms in total. The lowest BCUT2D eigenvalue weighted by Gasteiger charge is -2.18. The summed E-state index contributed by atoms with van der Waals surface area (Å²) in [6, 6.07) is 17.9. The molecule has 1 amide bonds. The summed E-state index contributed by atoms with van der Waals surface area (Å²) in [5.74, 6) is -0.673. The minimum absolute atomic E-state index is 0.149. The average molecular weight is 472 g/mol. The molecule has 1 saturated heterocycles. The third-order valence-electron chi connectivity index (χ3n) is 5.10. The van der Waals surface area contributed by atoms with Crippen molar-refractivity contribution in [1.29, 1.82) is 0 Å². The first-order chi connectivity index (χ1) is 15.4. The monoisotopic (exact) mass is 471 g/mol. The van der Waals surface area contributed by atoms with Gasteiger partial charge in [0.15, 0.2) is 0 Å². The number of nitrogens with one attached hydrogen (secondary N) is 1. The van der Waals surface area contributed by atoms with E-state index in [4.69, 9.17) is 0 Å². The molecule has 32 heavy (non-hydrogen) atoms. The van der Waals surface area contributed by atoms with Gasteiger partial charge in [0, 0.05) is 25.0 Å². The molecule has 1 aliphatic rings. The molecule has 1 N–H and O–H groups in total. The molecular weight excluding hydrogens is 449 g/mol. The fourth-order valence-corrected chi connectivity index (χ4v) is 5.85. The van der Waals surface area contributed by atoms with Crippen LogP contribution in [0.3, 0.4) is 0 Å². The van der Waals surface area contributed by atoms with E-state index < -0.39 is 15.3 Å². The Morgan fingerprint density at radius 2 is 1.69 bits per heavy atom. The number of halogens is 1. The molecule has 0 bridgehead atoms. The summed E-state index contributed by atoms with van der Waals surface area (Å²) in [5.41, 5.74) is 1.26. The molecule has 0 saturated carbocycles. The number of amides is 1. The first kappa shape index (κ1) is 22.4. The molecule has 1 aliphatic heterocycles. The standard InChI is InChI=1S/C23H22FN3O3S2/c24-18-8-10-19(11-9-18)26-23(28)22(17-6-2-1-3-7-17)31-21-13-12-20(16-25-21)32(29,30)27-14-4-5-15-27/h1-3,6-13,16,22H,4-5,14-15H2,(H,26,28)/t22-/m1/s1. The smallest absolute Gasteiger partial charge is 0.244 e. The van der Waals surface area contributed by atoms with Crippen LogP contribution in [0.25, 0.3) is 0 Å². The van der Waals surface area contributed by atoms with Crippen molar-refractivity contribution < 1.29 is 17.6 Å². The summed E-state index contributed by atoms with van der Waals surface area (Å²) < 4.78 is 40.1. The second-order valence-corrected chi connectivity index (χ2v) is 10.4. The Bertz CT molecular complexity index is 1170. The summed E-state index contributed by atoms with van der Waals surface area (Å²) in [5, 5.41) is 2.70. The number of rotatable bonds is 7. The quantitative estimate of drug-likeness (QED) is 0.514. The van der Waals surface area contributed by atoms with Crippen LogP contribution < -0.4 is 5.32 Å². The summed E-state index contributed by atoms with van der Waals surface area (Å²) in [6.07, 6.45) is 3.07. The van der Waals surface area contributed by atoms with Crippen LogP contribution in [0.5, 0.6) is 0 Å². The highest BCUT2D eigenvalue weighted by Gasteiger charge is 2.28. The summed E-state index contributed by atoms with van der Waals surface area (Å²) in [6.45, 7) is 1.05. The van der Waals surface area contributed by atoms with Gasteiger partial charge < -0.3 is 5.32 Å². The van der Waals surface area contributed by atoms with E-state index in [1.807, 2.05) is 30.3 Å². The molecule has 2 aromatic carbocycles. The van der Waals surface area contributed by atoms with Gasteiger partial charge in [-0.1, -0.05) is 42.1 Å². The van der Waals surface area contributed by atoms with Crippen molar-refractivity contribution in [2.75, 3.05) is 18.4 Å². The van der Waals surface area contributed by atoms with Gasteiger partial charge in [-0.3, -0.25) is 4.79 Å². The van der Waals surface area contributed by atoms with Gasteiger partial charge in [0.2, 0.25) is 15.9 Å². The minimum Gasteiger partial charge on any atom is -0.325 e. The summed E-state index contributed by atoms with van der Waals surface area (Å²) in [7, 11) is -3.54. The molecule has 166 valence electrons. The molecule has 1 aromatic heterocycles. The number of aromatic nitrogens is 1. The fraction of sp³-hybridized carbons (Fsp3) is 0.217. The minimum atomic E-state index is -3.54. The zero-order valence-corrected chi connectivity index (χ0v) is 18.8. The zero-order valence-electron chi connectivity index (χ0n) is 17.1. The maximum Gasteiger partial charge on any atom is 0.244 e. The van der Waals surface area contributed by atoms with E-state index >= 15 is 0 Å². The van der Waals surface area contributed by atoms with E-state index in [1.54, 1.807) is 6.07 Å². The maximum absolute atomic E-state index is 13.2. The Balaban J connectivity index is 1.54. The Morgan fingerprint density at radius 1 is 1.00 bits per heavy atom. The van der Waals surface area contributed by atoms with Gasteiger partial charge in [-0.15, -0.1) is 0 Å². The second kappa shape index (κ2) is 9.81. The van der Waals surface area contributed by atoms with Gasteiger partial charge in [-0.25, -0.2) is 17.8 Å². The van der Waals surface area contributed by atoms with Gasteiger partial charge in [-0.2, -0.15) is 4.31 Å². The molecule has 0 spiro atoms. The molecule has 3 aromatic rings. The third-order valence-corrected chi connectivity index (χ3v) is 8.19. The number of nitrogens with zero attached hydrogens (tertiary/aromatic N) is 2. The van der Waals surface area contributed by atoms with Crippen LogP contribution in [-0.2, 0) is 14.8 Å². The maximum atomic E-state index is 13.2. The van der Waals surface area contributed by atoms with Crippen molar-refractivity contribution in [1.82, 2.24) is 9.29 Å². The lowest BCUT2D eigenvalue weighted by molar-refractivity contribution is -0.115. The van der Waals surface area contributed by atoms with Crippen LogP contribution in [0.4, 0.5) is 10.1 Å². The first-order valence-electron chi connectivity index (χ1n) is 10.2. The fourth-order valence-electron chi connectivity index (χ4n) is 3.43. The predicted molar refractivity (Wildman–Crippen MR) is 122 cm³/mol. The van der Waals surface area contributed by atoms with Gasteiger partial charge in [0.1, 0.15) is 16.0 Å². The van der Waals surface area contributed by atoms with Crippen LogP contribution in [0.1, 0.15) is 23.7 Å². The molecule has 9 heteroatoms. The molecule has 2 heterocycles. The van der Waals surface area contributed by atoms with Gasteiger partial charge in [0.25, 0.3) is 0 Å². The van der Waals surface area contributed by atoms with Gasteiger partial charge in [-0.05, 0) is 54.8 Å². The van der Waals surface area contributed by atoms with Crippen molar-refractivity contribution in [2.24, 2.45) is 0 Å². The summed E-state index contributed by atoms with van der Waals surface area (Å²) >= 11 is 1.22. The number of pyridine rings is 1. The van der Waals surface area contributed by atoms with E-state index in [1.165, 1.54) is 52.6 Å². The van der Waals surface area contributed by atoms with Crippen LogP contribution >= 0.6 is 11.8 Å². The van der Waals surface area contributed by atoms with Crippen molar-refractivity contribution in [3.05, 3.63) is 84.3 Å². The number of hydrogen-bond donors (Lipinski definition) is 1. The molecule has 4 rings (SSSR count). The van der Waals surface area contributed by atoms with Crippen LogP contribution in [0.2, 0.25) is 0 Å². The van der Waals surface area contributed by atoms with Crippen molar-refractivity contribution in [3.8, 4) is 0 Å². The number of hydrogen-bond acceptors (Lipinski definition) is 5. The summed E-state index contributed by atoms with van der Waals surface area (Å²) in [4.78, 5) is 17.5. The SMILES string of the molecule is O=C(Nc1ccc(F)cc1)[C@H](Sc1ccc(S(=O)(=O)N2CCCC2)cn1)c1ccccc1. The number of benzene rings is 2. The topological polar surface area (TPSA) is 79.4 Å². The van der Waals surface area contributed by atoms with E-state index in [-0.39, 0.29) is 16.6 Å². The van der Waals surface area contributed by atoms with Crippen LogP contribution in [0, 0.1) is 5.82 Å².